The molecule has 14 heavy (non-hydrogen) atoms. The average molecular weight is 200 g/mol. The Morgan fingerprint density at radius 3 is 2.36 bits per heavy atom. The van der Waals surface area contributed by atoms with Crippen molar-refractivity contribution in [2.45, 2.75) is 0 Å². The summed E-state index contributed by atoms with van der Waals surface area (Å²) in [6.45, 7) is 0. The molecule has 5 nitrogen and oxygen atoms in total. The Kier molecular flexibility index (Phi) is 3.15. The second kappa shape index (κ2) is 4.00. The van der Waals surface area contributed by atoms with Crippen molar-refractivity contribution in [2.75, 3.05) is 5.73 Å². The molecule has 2 aromatic rings. The summed E-state index contributed by atoms with van der Waals surface area (Å²) in [4.78, 5) is 22.4. The van der Waals surface area contributed by atoms with E-state index in [4.69, 9.17) is 5.73 Å². The van der Waals surface area contributed by atoms with Crippen LogP contribution in [-0.4, -0.2) is 39.8 Å². The van der Waals surface area contributed by atoms with Crippen molar-refractivity contribution in [3.63, 3.8) is 0 Å². The normalized spacial score (nSPS) is 9.71. The monoisotopic (exact) mass is 200 g/mol. The summed E-state index contributed by atoms with van der Waals surface area (Å²) in [7, 11) is 0. The smallest absolute Gasteiger partial charge is 0.272 e. The van der Waals surface area contributed by atoms with Gasteiger partial charge in [0.05, 0.1) is 10.8 Å². The average Bonchev–Trinajstić information content (AvgIpc) is 2.12. The van der Waals surface area contributed by atoms with Gasteiger partial charge in [-0.15, -0.1) is 0 Å². The maximum absolute atomic E-state index is 11.2. The maximum Gasteiger partial charge on any atom is 0.272 e. The molecule has 1 radical (unpaired) electrons. The molecule has 1 aromatic carbocycles. The van der Waals surface area contributed by atoms with E-state index in [-0.39, 0.29) is 46.1 Å². The van der Waals surface area contributed by atoms with E-state index in [9.17, 15) is 9.59 Å². The number of nitrogens with one attached hydrogen (secondary N) is 2. The number of fused-ring (bicyclic) bond motifs is 1. The molecule has 6 heteroatoms. The van der Waals surface area contributed by atoms with E-state index in [1.165, 1.54) is 0 Å². The van der Waals surface area contributed by atoms with Gasteiger partial charge in [-0.2, -0.15) is 0 Å². The third-order valence-corrected chi connectivity index (χ3v) is 1.86. The molecule has 0 aliphatic heterocycles. The van der Waals surface area contributed by atoms with Gasteiger partial charge in [0.25, 0.3) is 11.1 Å². The van der Waals surface area contributed by atoms with Gasteiger partial charge >= 0.3 is 0 Å². The predicted octanol–water partition coefficient (Wildman–Crippen LogP) is -0.582. The van der Waals surface area contributed by atoms with Crippen LogP contribution >= 0.6 is 0 Å². The molecule has 0 aliphatic rings. The van der Waals surface area contributed by atoms with Crippen LogP contribution in [0.3, 0.4) is 0 Å². The first-order valence-electron chi connectivity index (χ1n) is 3.69. The molecule has 0 spiro atoms. The number of nitrogen functional groups attached to an aromatic ring is 1. The Balaban J connectivity index is 0.000000980. The molecule has 0 aliphatic carbocycles. The number of benzene rings is 1. The van der Waals surface area contributed by atoms with Crippen LogP contribution in [0.15, 0.2) is 27.8 Å². The van der Waals surface area contributed by atoms with Gasteiger partial charge in [-0.25, -0.2) is 0 Å². The van der Waals surface area contributed by atoms with Gasteiger partial charge in [-0.3, -0.25) is 19.8 Å². The number of hydrogen-bond acceptors (Lipinski definition) is 3. The second-order valence-corrected chi connectivity index (χ2v) is 2.68. The molecule has 0 saturated carbocycles. The van der Waals surface area contributed by atoms with Crippen molar-refractivity contribution in [2.24, 2.45) is 0 Å². The Labute approximate surface area is 101 Å². The second-order valence-electron chi connectivity index (χ2n) is 2.68. The zero-order valence-corrected chi connectivity index (χ0v) is 9.63. The Bertz CT molecular complexity index is 573. The quantitative estimate of drug-likeness (QED) is 0.392. The van der Waals surface area contributed by atoms with Crippen LogP contribution in [0, 0.1) is 0 Å². The number of aromatic nitrogens is 2. The summed E-state index contributed by atoms with van der Waals surface area (Å²) in [6.07, 6.45) is 0. The zero-order chi connectivity index (χ0) is 9.42. The van der Waals surface area contributed by atoms with Gasteiger partial charge in [0.1, 0.15) is 0 Å². The number of nitrogens with two attached hydrogens (primary N) is 1. The number of rotatable bonds is 0. The molecule has 0 amide bonds. The molecular formula is C8H7N3NaO2. The van der Waals surface area contributed by atoms with Crippen molar-refractivity contribution in [3.05, 3.63) is 38.9 Å². The standard InChI is InChI=1S/C8H7N3O2.Na/c9-5-3-1-2-4-6(5)8(13)11-10-7(4)12;/h1-3H,9H2,(H,10,12)(H,11,13);. The number of aromatic amines is 2. The minimum Gasteiger partial charge on any atom is -0.398 e. The van der Waals surface area contributed by atoms with E-state index in [0.29, 0.717) is 11.1 Å². The van der Waals surface area contributed by atoms with E-state index in [1.807, 2.05) is 0 Å². The number of hydrogen-bond donors (Lipinski definition) is 3. The fourth-order valence-corrected chi connectivity index (χ4v) is 1.26. The van der Waals surface area contributed by atoms with Crippen molar-refractivity contribution < 1.29 is 0 Å². The van der Waals surface area contributed by atoms with Crippen LogP contribution in [0.5, 0.6) is 0 Å². The third kappa shape index (κ3) is 1.61. The SMILES string of the molecule is Nc1cccc2c(=O)[nH][nH]c(=O)c12.[Na]. The van der Waals surface area contributed by atoms with Gasteiger partial charge < -0.3 is 5.73 Å². The van der Waals surface area contributed by atoms with Crippen molar-refractivity contribution in [1.82, 2.24) is 10.2 Å². The van der Waals surface area contributed by atoms with Crippen LogP contribution in [-0.2, 0) is 0 Å². The largest absolute Gasteiger partial charge is 0.398 e. The fraction of sp³-hybridized carbons (Fsp3) is 0. The minimum absolute atomic E-state index is 0. The molecule has 67 valence electrons. The summed E-state index contributed by atoms with van der Waals surface area (Å²) >= 11 is 0. The summed E-state index contributed by atoms with van der Waals surface area (Å²) in [6, 6.07) is 4.77. The summed E-state index contributed by atoms with van der Waals surface area (Å²) in [5.74, 6) is 0. The molecular weight excluding hydrogens is 193 g/mol. The van der Waals surface area contributed by atoms with Crippen LogP contribution < -0.4 is 16.9 Å². The van der Waals surface area contributed by atoms with E-state index >= 15 is 0 Å². The Hall–Kier alpha value is -1.04. The Morgan fingerprint density at radius 1 is 1.07 bits per heavy atom. The first kappa shape index (κ1) is 11.0. The predicted molar refractivity (Wildman–Crippen MR) is 55.4 cm³/mol. The molecule has 0 fully saturated rings. The first-order chi connectivity index (χ1) is 6.20. The molecule has 0 atom stereocenters. The van der Waals surface area contributed by atoms with Gasteiger partial charge in [-0.05, 0) is 12.1 Å². The fourth-order valence-electron chi connectivity index (χ4n) is 1.26. The van der Waals surface area contributed by atoms with E-state index < -0.39 is 0 Å². The topological polar surface area (TPSA) is 91.7 Å². The number of H-pyrrole nitrogens is 2. The van der Waals surface area contributed by atoms with Gasteiger partial charge in [0.2, 0.25) is 0 Å². The third-order valence-electron chi connectivity index (χ3n) is 1.86. The summed E-state index contributed by atoms with van der Waals surface area (Å²) in [5, 5.41) is 4.98. The van der Waals surface area contributed by atoms with E-state index in [0.717, 1.165) is 0 Å². The molecule has 1 aromatic heterocycles. The Morgan fingerprint density at radius 2 is 1.71 bits per heavy atom. The first-order valence-corrected chi connectivity index (χ1v) is 3.69. The van der Waals surface area contributed by atoms with Crippen LogP contribution in [0.4, 0.5) is 5.69 Å². The van der Waals surface area contributed by atoms with Crippen molar-refractivity contribution in [1.29, 1.82) is 0 Å². The van der Waals surface area contributed by atoms with E-state index in [1.54, 1.807) is 18.2 Å². The van der Waals surface area contributed by atoms with Crippen molar-refractivity contribution in [3.8, 4) is 0 Å². The molecule has 1 heterocycles. The summed E-state index contributed by atoms with van der Waals surface area (Å²) < 4.78 is 0. The van der Waals surface area contributed by atoms with Crippen LogP contribution in [0.1, 0.15) is 0 Å². The van der Waals surface area contributed by atoms with Gasteiger partial charge in [0.15, 0.2) is 0 Å². The van der Waals surface area contributed by atoms with E-state index in [2.05, 4.69) is 10.2 Å². The van der Waals surface area contributed by atoms with Gasteiger partial charge in [0, 0.05) is 35.2 Å². The summed E-state index contributed by atoms with van der Waals surface area (Å²) in [5.41, 5.74) is 5.14. The molecule has 0 saturated heterocycles. The molecule has 2 rings (SSSR count). The molecule has 4 N–H and O–H groups in total. The van der Waals surface area contributed by atoms with Gasteiger partial charge in [-0.1, -0.05) is 6.07 Å². The minimum atomic E-state index is -0.382. The van der Waals surface area contributed by atoms with Crippen LogP contribution in [0.2, 0.25) is 0 Å². The van der Waals surface area contributed by atoms with Crippen LogP contribution in [0.25, 0.3) is 10.8 Å². The number of anilines is 1. The molecule has 0 bridgehead atoms. The van der Waals surface area contributed by atoms with Crippen molar-refractivity contribution >= 4 is 46.0 Å². The zero-order valence-electron chi connectivity index (χ0n) is 7.63. The maximum atomic E-state index is 11.2. The molecule has 0 unspecified atom stereocenters.